The third kappa shape index (κ3) is 1.08. The monoisotopic (exact) mass is 184 g/mol. The van der Waals surface area contributed by atoms with E-state index < -0.39 is 0 Å². The third-order valence-corrected chi connectivity index (χ3v) is 2.18. The lowest BCUT2D eigenvalue weighted by molar-refractivity contribution is 0.856. The summed E-state index contributed by atoms with van der Waals surface area (Å²) in [5, 5.41) is 3.65. The van der Waals surface area contributed by atoms with E-state index in [9.17, 15) is 0 Å². The Balaban J connectivity index is 2.52. The van der Waals surface area contributed by atoms with Gasteiger partial charge >= 0.3 is 0 Å². The summed E-state index contributed by atoms with van der Waals surface area (Å²) in [5.41, 5.74) is 0.841. The first-order valence-corrected chi connectivity index (χ1v) is 4.12. The van der Waals surface area contributed by atoms with Crippen molar-refractivity contribution in [3.63, 3.8) is 0 Å². The lowest BCUT2D eigenvalue weighted by Crippen LogP contribution is -2.31. The summed E-state index contributed by atoms with van der Waals surface area (Å²) in [6.07, 6.45) is 1.48. The second-order valence-electron chi connectivity index (χ2n) is 2.71. The van der Waals surface area contributed by atoms with Crippen LogP contribution in [0.5, 0.6) is 0 Å². The number of likely N-dealkylation sites (N-methyl/N-ethyl adjacent to an activating group) is 1. The first-order valence-electron chi connectivity index (χ1n) is 3.74. The summed E-state index contributed by atoms with van der Waals surface area (Å²) >= 11 is 5.87. The van der Waals surface area contributed by atoms with E-state index in [1.807, 2.05) is 7.05 Å². The van der Waals surface area contributed by atoms with Gasteiger partial charge in [-0.1, -0.05) is 11.6 Å². The topological polar surface area (TPSA) is 41.0 Å². The van der Waals surface area contributed by atoms with E-state index >= 15 is 0 Å². The molecule has 2 heterocycles. The summed E-state index contributed by atoms with van der Waals surface area (Å²) in [7, 11) is 1.99. The smallest absolute Gasteiger partial charge is 0.157 e. The fourth-order valence-corrected chi connectivity index (χ4v) is 1.45. The summed E-state index contributed by atoms with van der Waals surface area (Å²) in [6.45, 7) is 1.83. The minimum absolute atomic E-state index is 0.492. The molecular formula is C7H9ClN4. The van der Waals surface area contributed by atoms with E-state index in [-0.39, 0.29) is 0 Å². The molecular weight excluding hydrogens is 176 g/mol. The van der Waals surface area contributed by atoms with Crippen molar-refractivity contribution in [1.29, 1.82) is 0 Å². The second kappa shape index (κ2) is 2.79. The average molecular weight is 185 g/mol. The van der Waals surface area contributed by atoms with Crippen LogP contribution in [-0.2, 0) is 0 Å². The molecule has 64 valence electrons. The Hall–Kier alpha value is -1.03. The van der Waals surface area contributed by atoms with Gasteiger partial charge in [-0.2, -0.15) is 0 Å². The molecule has 1 aromatic rings. The van der Waals surface area contributed by atoms with Crippen molar-refractivity contribution in [3.8, 4) is 0 Å². The summed E-state index contributed by atoms with van der Waals surface area (Å²) in [6, 6.07) is 0. The number of aromatic nitrogens is 2. The zero-order valence-electron chi connectivity index (χ0n) is 6.71. The molecule has 4 nitrogen and oxygen atoms in total. The molecule has 0 aliphatic carbocycles. The molecule has 0 fully saturated rings. The van der Waals surface area contributed by atoms with Gasteiger partial charge in [-0.05, 0) is 0 Å². The highest BCUT2D eigenvalue weighted by molar-refractivity contribution is 6.32. The Morgan fingerprint density at radius 1 is 1.58 bits per heavy atom. The van der Waals surface area contributed by atoms with E-state index in [1.54, 1.807) is 0 Å². The molecule has 0 aromatic carbocycles. The maximum absolute atomic E-state index is 5.87. The lowest BCUT2D eigenvalue weighted by Gasteiger charge is -2.26. The molecule has 2 rings (SSSR count). The molecule has 0 spiro atoms. The summed E-state index contributed by atoms with van der Waals surface area (Å²) < 4.78 is 0. The first-order chi connectivity index (χ1) is 5.79. The van der Waals surface area contributed by atoms with Gasteiger partial charge in [0.2, 0.25) is 0 Å². The molecule has 0 radical (unpaired) electrons. The molecule has 1 aliphatic heterocycles. The Bertz CT molecular complexity index is 301. The predicted molar refractivity (Wildman–Crippen MR) is 48.8 cm³/mol. The molecule has 0 unspecified atom stereocenters. The molecule has 0 bridgehead atoms. The van der Waals surface area contributed by atoms with Gasteiger partial charge in [0.1, 0.15) is 12.0 Å². The molecule has 1 N–H and O–H groups in total. The van der Waals surface area contributed by atoms with Crippen LogP contribution in [0, 0.1) is 0 Å². The van der Waals surface area contributed by atoms with Crippen molar-refractivity contribution < 1.29 is 0 Å². The zero-order chi connectivity index (χ0) is 8.55. The molecule has 0 atom stereocenters. The number of anilines is 2. The maximum Gasteiger partial charge on any atom is 0.157 e. The summed E-state index contributed by atoms with van der Waals surface area (Å²) in [4.78, 5) is 10.1. The lowest BCUT2D eigenvalue weighted by atomic mass is 10.3. The van der Waals surface area contributed by atoms with Gasteiger partial charge in [-0.3, -0.25) is 0 Å². The van der Waals surface area contributed by atoms with Crippen molar-refractivity contribution in [2.45, 2.75) is 0 Å². The Labute approximate surface area is 75.6 Å². The number of fused-ring (bicyclic) bond motifs is 1. The molecule has 12 heavy (non-hydrogen) atoms. The predicted octanol–water partition coefficient (Wildman–Crippen LogP) is 0.992. The van der Waals surface area contributed by atoms with E-state index in [2.05, 4.69) is 20.2 Å². The van der Waals surface area contributed by atoms with E-state index in [0.29, 0.717) is 5.15 Å². The Kier molecular flexibility index (Phi) is 1.77. The van der Waals surface area contributed by atoms with Gasteiger partial charge in [-0.25, -0.2) is 9.97 Å². The van der Waals surface area contributed by atoms with Crippen LogP contribution in [0.4, 0.5) is 11.5 Å². The van der Waals surface area contributed by atoms with Crippen molar-refractivity contribution >= 4 is 23.1 Å². The van der Waals surface area contributed by atoms with Crippen molar-refractivity contribution in [1.82, 2.24) is 9.97 Å². The maximum atomic E-state index is 5.87. The molecule has 0 saturated heterocycles. The van der Waals surface area contributed by atoms with Gasteiger partial charge in [-0.15, -0.1) is 0 Å². The number of hydrogen-bond acceptors (Lipinski definition) is 4. The van der Waals surface area contributed by atoms with Crippen LogP contribution in [-0.4, -0.2) is 30.1 Å². The Morgan fingerprint density at radius 2 is 2.42 bits per heavy atom. The second-order valence-corrected chi connectivity index (χ2v) is 3.07. The van der Waals surface area contributed by atoms with Gasteiger partial charge in [0.15, 0.2) is 11.0 Å². The standard InChI is InChI=1S/C7H9ClN4/c1-12-3-2-9-5-6(8)10-4-11-7(5)12/h4,9H,2-3H2,1H3. The van der Waals surface area contributed by atoms with Gasteiger partial charge in [0.05, 0.1) is 0 Å². The highest BCUT2D eigenvalue weighted by Crippen LogP contribution is 2.30. The Morgan fingerprint density at radius 3 is 3.17 bits per heavy atom. The van der Waals surface area contributed by atoms with E-state index in [1.165, 1.54) is 6.33 Å². The van der Waals surface area contributed by atoms with Crippen LogP contribution in [0.3, 0.4) is 0 Å². The number of rotatable bonds is 0. The molecule has 0 saturated carbocycles. The van der Waals surface area contributed by atoms with Crippen LogP contribution in [0.25, 0.3) is 0 Å². The highest BCUT2D eigenvalue weighted by atomic mass is 35.5. The minimum atomic E-state index is 0.492. The van der Waals surface area contributed by atoms with Gasteiger partial charge in [0, 0.05) is 20.1 Å². The molecule has 1 aromatic heterocycles. The molecule has 5 heteroatoms. The largest absolute Gasteiger partial charge is 0.378 e. The number of halogens is 1. The first kappa shape index (κ1) is 7.61. The van der Waals surface area contributed by atoms with Crippen molar-refractivity contribution in [2.24, 2.45) is 0 Å². The molecule has 0 amide bonds. The van der Waals surface area contributed by atoms with E-state index in [0.717, 1.165) is 24.6 Å². The third-order valence-electron chi connectivity index (χ3n) is 1.89. The van der Waals surface area contributed by atoms with Crippen LogP contribution >= 0.6 is 11.6 Å². The quantitative estimate of drug-likeness (QED) is 0.611. The average Bonchev–Trinajstić information content (AvgIpc) is 2.07. The number of nitrogens with zero attached hydrogens (tertiary/aromatic N) is 3. The normalized spacial score (nSPS) is 15.3. The highest BCUT2D eigenvalue weighted by Gasteiger charge is 2.17. The van der Waals surface area contributed by atoms with Crippen LogP contribution in [0.1, 0.15) is 0 Å². The van der Waals surface area contributed by atoms with Gasteiger partial charge in [0.25, 0.3) is 0 Å². The van der Waals surface area contributed by atoms with E-state index in [4.69, 9.17) is 11.6 Å². The van der Waals surface area contributed by atoms with Crippen molar-refractivity contribution in [3.05, 3.63) is 11.5 Å². The summed E-state index contributed by atoms with van der Waals surface area (Å²) in [5.74, 6) is 0.876. The molecule has 1 aliphatic rings. The van der Waals surface area contributed by atoms with Crippen LogP contribution < -0.4 is 10.2 Å². The number of hydrogen-bond donors (Lipinski definition) is 1. The minimum Gasteiger partial charge on any atom is -0.378 e. The fraction of sp³-hybridized carbons (Fsp3) is 0.429. The van der Waals surface area contributed by atoms with Crippen molar-refractivity contribution in [2.75, 3.05) is 30.4 Å². The van der Waals surface area contributed by atoms with Crippen LogP contribution in [0.2, 0.25) is 5.15 Å². The SMILES string of the molecule is CN1CCNc2c(Cl)ncnc21. The fourth-order valence-electron chi connectivity index (χ4n) is 1.25. The van der Waals surface area contributed by atoms with Crippen LogP contribution in [0.15, 0.2) is 6.33 Å². The van der Waals surface area contributed by atoms with Gasteiger partial charge < -0.3 is 10.2 Å². The number of nitrogens with one attached hydrogen (secondary N) is 1. The zero-order valence-corrected chi connectivity index (χ0v) is 7.47.